The molecule has 0 aromatic rings. The average molecular weight is 280 g/mol. The molecular weight excluding hydrogens is 268 g/mol. The lowest BCUT2D eigenvalue weighted by Gasteiger charge is -2.50. The van der Waals surface area contributed by atoms with Crippen LogP contribution in [0.4, 0.5) is 0 Å². The normalized spacial score (nSPS) is 66.0. The summed E-state index contributed by atoms with van der Waals surface area (Å²) in [7, 11) is 0. The summed E-state index contributed by atoms with van der Waals surface area (Å²) in [6.45, 7) is 0. The fourth-order valence-corrected chi connectivity index (χ4v) is 6.78. The van der Waals surface area contributed by atoms with E-state index >= 15 is 0 Å². The van der Waals surface area contributed by atoms with Gasteiger partial charge in [-0.25, -0.2) is 0 Å². The van der Waals surface area contributed by atoms with E-state index in [0.29, 0.717) is 4.32 Å². The lowest BCUT2D eigenvalue weighted by Crippen LogP contribution is -2.51. The van der Waals surface area contributed by atoms with E-state index in [4.69, 9.17) is 0 Å². The highest BCUT2D eigenvalue weighted by Crippen LogP contribution is 2.68. The van der Waals surface area contributed by atoms with Crippen LogP contribution in [0, 0.1) is 17.8 Å². The minimum absolute atomic E-state index is 0.587. The Kier molecular flexibility index (Phi) is 1.38. The summed E-state index contributed by atoms with van der Waals surface area (Å²) in [5.74, 6) is 3.09. The zero-order valence-corrected chi connectivity index (χ0v) is 9.57. The van der Waals surface area contributed by atoms with Gasteiger partial charge in [-0.05, 0) is 43.4 Å². The highest BCUT2D eigenvalue weighted by atomic mass is 79.9. The van der Waals surface area contributed by atoms with Crippen LogP contribution in [0.15, 0.2) is 0 Å². The Hall–Kier alpha value is 0.960. The molecule has 0 saturated heterocycles. The molecule has 0 spiro atoms. The Labute approximate surface area is 84.4 Å². The van der Waals surface area contributed by atoms with Crippen molar-refractivity contribution in [2.75, 3.05) is 0 Å². The molecule has 5 atom stereocenters. The van der Waals surface area contributed by atoms with E-state index < -0.39 is 0 Å². The van der Waals surface area contributed by atoms with Crippen LogP contribution in [0.25, 0.3) is 0 Å². The van der Waals surface area contributed by atoms with Crippen LogP contribution in [0.5, 0.6) is 0 Å². The van der Waals surface area contributed by atoms with Gasteiger partial charge in [-0.1, -0.05) is 31.9 Å². The first kappa shape index (κ1) is 7.37. The lowest BCUT2D eigenvalue weighted by atomic mass is 9.67. The molecule has 0 amide bonds. The predicted octanol–water partition coefficient (Wildman–Crippen LogP) is 3.33. The molecule has 5 unspecified atom stereocenters. The van der Waals surface area contributed by atoms with Crippen molar-refractivity contribution in [1.82, 2.24) is 0 Å². The van der Waals surface area contributed by atoms with Gasteiger partial charge >= 0.3 is 0 Å². The maximum atomic E-state index is 3.96. The molecule has 11 heavy (non-hydrogen) atoms. The first-order valence-corrected chi connectivity index (χ1v) is 6.25. The smallest absolute Gasteiger partial charge is 0.0338 e. The van der Waals surface area contributed by atoms with Crippen molar-refractivity contribution in [3.63, 3.8) is 0 Å². The molecule has 3 aliphatic carbocycles. The lowest BCUT2D eigenvalue weighted by molar-refractivity contribution is 0.159. The fraction of sp³-hybridized carbons (Fsp3) is 1.00. The second-order valence-corrected chi connectivity index (χ2v) is 7.09. The van der Waals surface area contributed by atoms with Crippen molar-refractivity contribution in [1.29, 1.82) is 0 Å². The number of halogens is 2. The number of hydrogen-bond acceptors (Lipinski definition) is 0. The van der Waals surface area contributed by atoms with Crippen molar-refractivity contribution in [3.05, 3.63) is 0 Å². The molecule has 0 nitrogen and oxygen atoms in total. The first-order chi connectivity index (χ1) is 5.22. The minimum atomic E-state index is 0.587. The largest absolute Gasteiger partial charge is 0.0887 e. The summed E-state index contributed by atoms with van der Waals surface area (Å²) in [4.78, 5) is 0.826. The van der Waals surface area contributed by atoms with Gasteiger partial charge in [0.1, 0.15) is 0 Å². The van der Waals surface area contributed by atoms with E-state index in [0.717, 1.165) is 22.6 Å². The maximum absolute atomic E-state index is 3.96. The van der Waals surface area contributed by atoms with E-state index in [1.54, 1.807) is 0 Å². The summed E-state index contributed by atoms with van der Waals surface area (Å²) in [5, 5.41) is 0. The van der Waals surface area contributed by atoms with Gasteiger partial charge in [-0.2, -0.15) is 0 Å². The van der Waals surface area contributed by atoms with Crippen LogP contribution >= 0.6 is 31.9 Å². The van der Waals surface area contributed by atoms with E-state index in [-0.39, 0.29) is 0 Å². The van der Waals surface area contributed by atoms with Crippen LogP contribution in [0.1, 0.15) is 25.7 Å². The Morgan fingerprint density at radius 1 is 1.18 bits per heavy atom. The topological polar surface area (TPSA) is 0 Å². The molecular formula is C9H12Br2. The van der Waals surface area contributed by atoms with E-state index in [1.807, 2.05) is 0 Å². The first-order valence-electron chi connectivity index (χ1n) is 4.55. The van der Waals surface area contributed by atoms with Crippen molar-refractivity contribution in [2.24, 2.45) is 17.8 Å². The van der Waals surface area contributed by atoms with Crippen LogP contribution in [-0.2, 0) is 0 Å². The van der Waals surface area contributed by atoms with E-state index in [9.17, 15) is 0 Å². The Bertz CT molecular complexity index is 204. The molecule has 62 valence electrons. The fourth-order valence-electron chi connectivity index (χ4n) is 3.31. The highest BCUT2D eigenvalue weighted by Gasteiger charge is 2.64. The van der Waals surface area contributed by atoms with Gasteiger partial charge in [0.25, 0.3) is 0 Å². The van der Waals surface area contributed by atoms with Crippen LogP contribution < -0.4 is 0 Å². The van der Waals surface area contributed by atoms with Crippen LogP contribution in [-0.4, -0.2) is 9.15 Å². The van der Waals surface area contributed by atoms with Crippen molar-refractivity contribution < 1.29 is 0 Å². The molecule has 3 rings (SSSR count). The third-order valence-corrected chi connectivity index (χ3v) is 6.61. The number of alkyl halides is 2. The molecule has 3 aliphatic rings. The molecule has 3 fully saturated rings. The quantitative estimate of drug-likeness (QED) is 0.597. The molecule has 0 heterocycles. The molecule has 2 heteroatoms. The number of hydrogen-bond donors (Lipinski definition) is 0. The van der Waals surface area contributed by atoms with Gasteiger partial charge in [0.05, 0.1) is 0 Å². The zero-order chi connectivity index (χ0) is 7.64. The standard InChI is InChI=1S/C9H12Br2/c10-8-4-9(11)6-2-1-5(6)3-7(8)9/h5-8H,1-4H2. The second kappa shape index (κ2) is 2.06. The van der Waals surface area contributed by atoms with Gasteiger partial charge in [-0.15, -0.1) is 0 Å². The summed E-state index contributed by atoms with van der Waals surface area (Å²) >= 11 is 7.72. The minimum Gasteiger partial charge on any atom is -0.0887 e. The highest BCUT2D eigenvalue weighted by molar-refractivity contribution is 9.10. The molecule has 0 aliphatic heterocycles. The number of rotatable bonds is 0. The predicted molar refractivity (Wildman–Crippen MR) is 53.3 cm³/mol. The SMILES string of the molecule is BrC1CC2(Br)C1CC1CCC12. The monoisotopic (exact) mass is 278 g/mol. The van der Waals surface area contributed by atoms with Crippen molar-refractivity contribution in [3.8, 4) is 0 Å². The summed E-state index contributed by atoms with van der Waals surface area (Å²) in [6, 6.07) is 0. The molecule has 3 saturated carbocycles. The summed E-state index contributed by atoms with van der Waals surface area (Å²) in [5.41, 5.74) is 0. The van der Waals surface area contributed by atoms with Crippen LogP contribution in [0.3, 0.4) is 0 Å². The Morgan fingerprint density at radius 2 is 2.00 bits per heavy atom. The molecule has 0 aromatic heterocycles. The molecule has 0 N–H and O–H groups in total. The van der Waals surface area contributed by atoms with Gasteiger partial charge in [0, 0.05) is 9.15 Å². The van der Waals surface area contributed by atoms with Crippen LogP contribution in [0.2, 0.25) is 0 Å². The summed E-state index contributed by atoms with van der Waals surface area (Å²) in [6.07, 6.45) is 5.87. The molecule has 0 bridgehead atoms. The average Bonchev–Trinajstić information content (AvgIpc) is 1.97. The third-order valence-electron chi connectivity index (χ3n) is 4.15. The Morgan fingerprint density at radius 3 is 2.45 bits per heavy atom. The van der Waals surface area contributed by atoms with Gasteiger partial charge in [0.15, 0.2) is 0 Å². The van der Waals surface area contributed by atoms with Gasteiger partial charge < -0.3 is 0 Å². The third kappa shape index (κ3) is 0.720. The molecule has 0 aromatic carbocycles. The second-order valence-electron chi connectivity index (χ2n) is 4.43. The Balaban J connectivity index is 1.91. The van der Waals surface area contributed by atoms with Crippen molar-refractivity contribution in [2.45, 2.75) is 34.8 Å². The molecule has 0 radical (unpaired) electrons. The number of fused-ring (bicyclic) bond motifs is 3. The van der Waals surface area contributed by atoms with E-state index in [2.05, 4.69) is 31.9 Å². The van der Waals surface area contributed by atoms with Gasteiger partial charge in [0.2, 0.25) is 0 Å². The van der Waals surface area contributed by atoms with E-state index in [1.165, 1.54) is 25.7 Å². The van der Waals surface area contributed by atoms with Gasteiger partial charge in [-0.3, -0.25) is 0 Å². The zero-order valence-electron chi connectivity index (χ0n) is 6.39. The maximum Gasteiger partial charge on any atom is 0.0338 e. The van der Waals surface area contributed by atoms with Crippen molar-refractivity contribution >= 4 is 31.9 Å². The summed E-state index contributed by atoms with van der Waals surface area (Å²) < 4.78 is 0.587.